The molecule has 0 amide bonds. The minimum absolute atomic E-state index is 0.247. The highest BCUT2D eigenvalue weighted by atomic mass is 16.5. The summed E-state index contributed by atoms with van der Waals surface area (Å²) in [5.41, 5.74) is 3.47. The van der Waals surface area contributed by atoms with E-state index in [4.69, 9.17) is 4.52 Å². The van der Waals surface area contributed by atoms with Crippen molar-refractivity contribution in [3.8, 4) is 5.75 Å². The Morgan fingerprint density at radius 2 is 2.00 bits per heavy atom. The van der Waals surface area contributed by atoms with Gasteiger partial charge in [-0.1, -0.05) is 5.16 Å². The maximum absolute atomic E-state index is 9.65. The predicted molar refractivity (Wildman–Crippen MR) is 49.9 cm³/mol. The molecule has 0 fully saturated rings. The van der Waals surface area contributed by atoms with E-state index in [9.17, 15) is 5.11 Å². The number of fused-ring (bicyclic) bond motifs is 1. The third-order valence-corrected chi connectivity index (χ3v) is 2.40. The van der Waals surface area contributed by atoms with Crippen molar-refractivity contribution in [1.82, 2.24) is 5.16 Å². The lowest BCUT2D eigenvalue weighted by Gasteiger charge is -2.01. The van der Waals surface area contributed by atoms with Crippen molar-refractivity contribution in [2.24, 2.45) is 0 Å². The first-order chi connectivity index (χ1) is 6.11. The average molecular weight is 177 g/mol. The molecule has 0 spiro atoms. The summed E-state index contributed by atoms with van der Waals surface area (Å²) in [6, 6.07) is 1.74. The van der Waals surface area contributed by atoms with E-state index < -0.39 is 0 Å². The lowest BCUT2D eigenvalue weighted by Crippen LogP contribution is -1.82. The molecule has 68 valence electrons. The molecule has 0 aliphatic heterocycles. The van der Waals surface area contributed by atoms with Crippen LogP contribution in [-0.2, 0) is 0 Å². The van der Waals surface area contributed by atoms with Crippen molar-refractivity contribution in [3.63, 3.8) is 0 Å². The van der Waals surface area contributed by atoms with Crippen LogP contribution in [0.4, 0.5) is 0 Å². The van der Waals surface area contributed by atoms with Crippen LogP contribution in [0, 0.1) is 20.8 Å². The van der Waals surface area contributed by atoms with E-state index in [-0.39, 0.29) is 5.75 Å². The molecule has 0 aliphatic carbocycles. The first-order valence-electron chi connectivity index (χ1n) is 4.16. The van der Waals surface area contributed by atoms with Crippen LogP contribution in [0.15, 0.2) is 10.6 Å². The first-order valence-corrected chi connectivity index (χ1v) is 4.16. The molecule has 0 saturated heterocycles. The Balaban J connectivity index is 2.99. The number of aryl methyl sites for hydroxylation is 3. The molecular formula is C10H11NO2. The van der Waals surface area contributed by atoms with Gasteiger partial charge in [-0.25, -0.2) is 0 Å². The van der Waals surface area contributed by atoms with Crippen LogP contribution < -0.4 is 0 Å². The van der Waals surface area contributed by atoms with Gasteiger partial charge in [0.2, 0.25) is 0 Å². The smallest absolute Gasteiger partial charge is 0.174 e. The van der Waals surface area contributed by atoms with E-state index in [1.807, 2.05) is 20.8 Å². The van der Waals surface area contributed by atoms with Gasteiger partial charge in [0.15, 0.2) is 5.58 Å². The molecule has 3 heteroatoms. The number of aromatic hydroxyl groups is 1. The summed E-state index contributed by atoms with van der Waals surface area (Å²) in [6.45, 7) is 5.72. The van der Waals surface area contributed by atoms with Gasteiger partial charge in [-0.05, 0) is 38.0 Å². The molecule has 2 aromatic rings. The van der Waals surface area contributed by atoms with Crippen LogP contribution in [0.3, 0.4) is 0 Å². The fourth-order valence-electron chi connectivity index (χ4n) is 1.49. The standard InChI is InChI=1S/C10H11NO2/c1-5-4-8(12)9-7(3)11-13-10(9)6(5)2/h4,12H,1-3H3. The van der Waals surface area contributed by atoms with Crippen molar-refractivity contribution in [3.05, 3.63) is 22.9 Å². The Hall–Kier alpha value is -1.51. The van der Waals surface area contributed by atoms with Gasteiger partial charge in [-0.3, -0.25) is 0 Å². The number of phenols is 1. The minimum Gasteiger partial charge on any atom is -0.507 e. The Labute approximate surface area is 76.0 Å². The second kappa shape index (κ2) is 2.49. The van der Waals surface area contributed by atoms with Crippen molar-refractivity contribution in [2.75, 3.05) is 0 Å². The zero-order valence-electron chi connectivity index (χ0n) is 7.88. The summed E-state index contributed by atoms with van der Waals surface area (Å²) in [7, 11) is 0. The van der Waals surface area contributed by atoms with Crippen molar-refractivity contribution in [2.45, 2.75) is 20.8 Å². The third kappa shape index (κ3) is 1.00. The van der Waals surface area contributed by atoms with Crippen LogP contribution in [-0.4, -0.2) is 10.3 Å². The van der Waals surface area contributed by atoms with E-state index >= 15 is 0 Å². The van der Waals surface area contributed by atoms with Gasteiger partial charge in [0.1, 0.15) is 5.75 Å². The van der Waals surface area contributed by atoms with Crippen LogP contribution in [0.2, 0.25) is 0 Å². The molecule has 2 rings (SSSR count). The Kier molecular flexibility index (Phi) is 1.55. The molecule has 0 unspecified atom stereocenters. The second-order valence-corrected chi connectivity index (χ2v) is 3.31. The Morgan fingerprint density at radius 1 is 1.31 bits per heavy atom. The lowest BCUT2D eigenvalue weighted by molar-refractivity contribution is 0.448. The van der Waals surface area contributed by atoms with Crippen LogP contribution in [0.25, 0.3) is 11.0 Å². The van der Waals surface area contributed by atoms with E-state index in [0.717, 1.165) is 22.2 Å². The first kappa shape index (κ1) is 8.10. The molecule has 1 aromatic carbocycles. The molecule has 0 atom stereocenters. The van der Waals surface area contributed by atoms with Gasteiger partial charge in [-0.2, -0.15) is 0 Å². The zero-order chi connectivity index (χ0) is 9.59. The highest BCUT2D eigenvalue weighted by Crippen LogP contribution is 2.32. The summed E-state index contributed by atoms with van der Waals surface area (Å²) in [6.07, 6.45) is 0. The van der Waals surface area contributed by atoms with Gasteiger partial charge in [0.05, 0.1) is 11.1 Å². The van der Waals surface area contributed by atoms with Gasteiger partial charge in [0, 0.05) is 0 Å². The minimum atomic E-state index is 0.247. The van der Waals surface area contributed by atoms with Gasteiger partial charge < -0.3 is 9.63 Å². The van der Waals surface area contributed by atoms with Gasteiger partial charge in [0.25, 0.3) is 0 Å². The number of rotatable bonds is 0. The highest BCUT2D eigenvalue weighted by molar-refractivity contribution is 5.88. The molecule has 3 nitrogen and oxygen atoms in total. The SMILES string of the molecule is Cc1cc(O)c2c(C)noc2c1C. The summed E-state index contributed by atoms with van der Waals surface area (Å²) < 4.78 is 5.13. The molecule has 0 saturated carbocycles. The number of hydrogen-bond acceptors (Lipinski definition) is 3. The van der Waals surface area contributed by atoms with E-state index in [1.54, 1.807) is 6.07 Å². The normalized spacial score (nSPS) is 11.0. The van der Waals surface area contributed by atoms with E-state index in [2.05, 4.69) is 5.16 Å². The third-order valence-electron chi connectivity index (χ3n) is 2.40. The van der Waals surface area contributed by atoms with E-state index in [0.29, 0.717) is 5.58 Å². The highest BCUT2D eigenvalue weighted by Gasteiger charge is 2.13. The summed E-state index contributed by atoms with van der Waals surface area (Å²) in [5.74, 6) is 0.247. The fraction of sp³-hybridized carbons (Fsp3) is 0.300. The number of benzene rings is 1. The summed E-state index contributed by atoms with van der Waals surface area (Å²) >= 11 is 0. The van der Waals surface area contributed by atoms with Crippen molar-refractivity contribution < 1.29 is 9.63 Å². The Bertz CT molecular complexity index is 471. The maximum Gasteiger partial charge on any atom is 0.174 e. The maximum atomic E-state index is 9.65. The van der Waals surface area contributed by atoms with Crippen molar-refractivity contribution in [1.29, 1.82) is 0 Å². The monoisotopic (exact) mass is 177 g/mol. The molecular weight excluding hydrogens is 166 g/mol. The second-order valence-electron chi connectivity index (χ2n) is 3.31. The number of hydrogen-bond donors (Lipinski definition) is 1. The average Bonchev–Trinajstić information content (AvgIpc) is 2.44. The molecule has 0 radical (unpaired) electrons. The van der Waals surface area contributed by atoms with Crippen LogP contribution in [0.1, 0.15) is 16.8 Å². The summed E-state index contributed by atoms with van der Waals surface area (Å²) in [5, 5.41) is 14.2. The lowest BCUT2D eigenvalue weighted by atomic mass is 10.1. The largest absolute Gasteiger partial charge is 0.507 e. The quantitative estimate of drug-likeness (QED) is 0.672. The van der Waals surface area contributed by atoms with Gasteiger partial charge >= 0.3 is 0 Å². The molecule has 13 heavy (non-hydrogen) atoms. The van der Waals surface area contributed by atoms with Crippen LogP contribution >= 0.6 is 0 Å². The molecule has 1 aromatic heterocycles. The number of phenolic OH excluding ortho intramolecular Hbond substituents is 1. The number of aromatic nitrogens is 1. The summed E-state index contributed by atoms with van der Waals surface area (Å²) in [4.78, 5) is 0. The molecule has 0 bridgehead atoms. The number of nitrogens with zero attached hydrogens (tertiary/aromatic N) is 1. The Morgan fingerprint density at radius 3 is 2.69 bits per heavy atom. The zero-order valence-corrected chi connectivity index (χ0v) is 7.88. The molecule has 0 aliphatic rings. The fourth-order valence-corrected chi connectivity index (χ4v) is 1.49. The topological polar surface area (TPSA) is 46.3 Å². The van der Waals surface area contributed by atoms with E-state index in [1.165, 1.54) is 0 Å². The van der Waals surface area contributed by atoms with Crippen LogP contribution in [0.5, 0.6) is 5.75 Å². The van der Waals surface area contributed by atoms with Crippen molar-refractivity contribution >= 4 is 11.0 Å². The molecule has 1 N–H and O–H groups in total. The molecule has 1 heterocycles. The predicted octanol–water partition coefficient (Wildman–Crippen LogP) is 2.46. The van der Waals surface area contributed by atoms with Gasteiger partial charge in [-0.15, -0.1) is 0 Å².